The number of aromatic hydroxyl groups is 1. The van der Waals surface area contributed by atoms with Gasteiger partial charge in [-0.3, -0.25) is 0 Å². The molecular weight excluding hydrogens is 358 g/mol. The lowest BCUT2D eigenvalue weighted by atomic mass is 10.2. The third-order valence-corrected chi connectivity index (χ3v) is 3.55. The summed E-state index contributed by atoms with van der Waals surface area (Å²) in [5, 5.41) is 13.6. The minimum absolute atomic E-state index is 0.191. The Morgan fingerprint density at radius 1 is 0.778 bits per heavy atom. The van der Waals surface area contributed by atoms with Gasteiger partial charge in [0.1, 0.15) is 19.0 Å². The van der Waals surface area contributed by atoms with E-state index in [2.05, 4.69) is 17.8 Å². The molecule has 0 aromatic heterocycles. The molecular formula is C22H23NO3S. The van der Waals surface area contributed by atoms with Gasteiger partial charge >= 0.3 is 0 Å². The number of phenolic OH excluding ortho intramolecular Hbond substituents is 1. The summed E-state index contributed by atoms with van der Waals surface area (Å²) in [4.78, 5) is 5.46. The number of oxime groups is 1. The summed E-state index contributed by atoms with van der Waals surface area (Å²) >= 11 is 3.53. The highest BCUT2D eigenvalue weighted by Crippen LogP contribution is 2.13. The van der Waals surface area contributed by atoms with Crippen LogP contribution in [0.15, 0.2) is 90.1 Å². The van der Waals surface area contributed by atoms with Crippen LogP contribution in [0, 0.1) is 0 Å². The molecule has 0 bridgehead atoms. The average Bonchev–Trinajstić information content (AvgIpc) is 2.74. The number of rotatable bonds is 6. The van der Waals surface area contributed by atoms with Crippen molar-refractivity contribution in [1.82, 2.24) is 0 Å². The van der Waals surface area contributed by atoms with Gasteiger partial charge in [0, 0.05) is 5.56 Å². The van der Waals surface area contributed by atoms with E-state index in [4.69, 9.17) is 9.57 Å². The molecule has 3 aromatic rings. The zero-order valence-electron chi connectivity index (χ0n) is 15.2. The normalized spacial score (nSPS) is 10.5. The Kier molecular flexibility index (Phi) is 8.80. The van der Waals surface area contributed by atoms with E-state index in [1.165, 1.54) is 0 Å². The molecule has 0 atom stereocenters. The number of phenols is 1. The Labute approximate surface area is 165 Å². The summed E-state index contributed by atoms with van der Waals surface area (Å²) < 4.78 is 5.84. The van der Waals surface area contributed by atoms with Gasteiger partial charge in [-0.2, -0.15) is 12.6 Å². The fraction of sp³-hybridized carbons (Fsp3) is 0.136. The SMILES string of the molecule is CS.Oc1ccc(/C(=N/OCc2ccccc2)OCc2ccccc2)cc1. The predicted molar refractivity (Wildman–Crippen MR) is 112 cm³/mol. The summed E-state index contributed by atoms with van der Waals surface area (Å²) in [5.74, 6) is 0.566. The van der Waals surface area contributed by atoms with Crippen LogP contribution in [0.1, 0.15) is 16.7 Å². The van der Waals surface area contributed by atoms with E-state index in [0.717, 1.165) is 16.7 Å². The molecule has 0 aliphatic rings. The number of hydrogen-bond acceptors (Lipinski definition) is 5. The maximum atomic E-state index is 9.46. The predicted octanol–water partition coefficient (Wildman–Crippen LogP) is 5.03. The van der Waals surface area contributed by atoms with Crippen molar-refractivity contribution in [2.45, 2.75) is 13.2 Å². The highest BCUT2D eigenvalue weighted by molar-refractivity contribution is 7.79. The quantitative estimate of drug-likeness (QED) is 0.272. The van der Waals surface area contributed by atoms with Gasteiger partial charge in [0.15, 0.2) is 0 Å². The van der Waals surface area contributed by atoms with E-state index in [0.29, 0.717) is 19.1 Å². The highest BCUT2D eigenvalue weighted by Gasteiger charge is 2.07. The number of hydrogen-bond donors (Lipinski definition) is 2. The topological polar surface area (TPSA) is 51.1 Å². The molecule has 0 aliphatic heterocycles. The molecule has 0 fully saturated rings. The second-order valence-electron chi connectivity index (χ2n) is 5.48. The zero-order valence-corrected chi connectivity index (χ0v) is 16.0. The van der Waals surface area contributed by atoms with Crippen LogP contribution >= 0.6 is 12.6 Å². The Hall–Kier alpha value is -2.92. The molecule has 3 rings (SSSR count). The molecule has 1 N–H and O–H groups in total. The Morgan fingerprint density at radius 2 is 1.30 bits per heavy atom. The molecule has 27 heavy (non-hydrogen) atoms. The third-order valence-electron chi connectivity index (χ3n) is 3.55. The second kappa shape index (κ2) is 11.6. The van der Waals surface area contributed by atoms with E-state index >= 15 is 0 Å². The lowest BCUT2D eigenvalue weighted by molar-refractivity contribution is 0.118. The highest BCUT2D eigenvalue weighted by atomic mass is 32.1. The molecule has 3 aromatic carbocycles. The van der Waals surface area contributed by atoms with Gasteiger partial charge in [0.05, 0.1) is 0 Å². The van der Waals surface area contributed by atoms with Crippen molar-refractivity contribution in [3.63, 3.8) is 0 Å². The first-order chi connectivity index (χ1) is 13.3. The summed E-state index contributed by atoms with van der Waals surface area (Å²) in [6.07, 6.45) is 1.69. The molecule has 4 nitrogen and oxygen atoms in total. The van der Waals surface area contributed by atoms with E-state index in [1.807, 2.05) is 60.7 Å². The minimum Gasteiger partial charge on any atom is -0.508 e. The average molecular weight is 381 g/mol. The Morgan fingerprint density at radius 3 is 1.85 bits per heavy atom. The van der Waals surface area contributed by atoms with Crippen LogP contribution in [0.3, 0.4) is 0 Å². The largest absolute Gasteiger partial charge is 0.508 e. The molecule has 5 heteroatoms. The molecule has 0 spiro atoms. The number of nitrogens with zero attached hydrogens (tertiary/aromatic N) is 1. The standard InChI is InChI=1S/C21H19NO3.CH4S/c23-20-13-11-19(12-14-20)21(24-15-17-7-3-1-4-8-17)22-25-16-18-9-5-2-6-10-18;1-2/h1-14,23H,15-16H2;2H,1H3/b22-21-;. The van der Waals surface area contributed by atoms with Crippen LogP contribution in [0.5, 0.6) is 5.75 Å². The fourth-order valence-electron chi connectivity index (χ4n) is 2.23. The molecule has 0 saturated carbocycles. The van der Waals surface area contributed by atoms with Crippen molar-refractivity contribution in [2.75, 3.05) is 6.26 Å². The first-order valence-corrected chi connectivity index (χ1v) is 9.35. The summed E-state index contributed by atoms with van der Waals surface area (Å²) in [5.41, 5.74) is 2.80. The Balaban J connectivity index is 0.00000126. The molecule has 0 radical (unpaired) electrons. The monoisotopic (exact) mass is 381 g/mol. The van der Waals surface area contributed by atoms with Crippen LogP contribution < -0.4 is 0 Å². The second-order valence-corrected chi connectivity index (χ2v) is 5.48. The first-order valence-electron chi connectivity index (χ1n) is 8.46. The van der Waals surface area contributed by atoms with Crippen molar-refractivity contribution < 1.29 is 14.7 Å². The first kappa shape index (κ1) is 20.4. The summed E-state index contributed by atoms with van der Waals surface area (Å²) in [6.45, 7) is 0.742. The minimum atomic E-state index is 0.191. The van der Waals surface area contributed by atoms with Crippen LogP contribution in [0.25, 0.3) is 0 Å². The number of thiol groups is 1. The van der Waals surface area contributed by atoms with Gasteiger partial charge in [-0.25, -0.2) is 0 Å². The van der Waals surface area contributed by atoms with E-state index in [9.17, 15) is 5.11 Å². The smallest absolute Gasteiger partial charge is 0.257 e. The lowest BCUT2D eigenvalue weighted by Crippen LogP contribution is -2.08. The van der Waals surface area contributed by atoms with Crippen LogP contribution in [-0.4, -0.2) is 17.3 Å². The number of ether oxygens (including phenoxy) is 1. The maximum Gasteiger partial charge on any atom is 0.257 e. The van der Waals surface area contributed by atoms with Gasteiger partial charge in [-0.05, 0) is 46.8 Å². The van der Waals surface area contributed by atoms with E-state index in [1.54, 1.807) is 30.5 Å². The van der Waals surface area contributed by atoms with Gasteiger partial charge in [-0.15, -0.1) is 0 Å². The van der Waals surface area contributed by atoms with Crippen molar-refractivity contribution in [3.8, 4) is 5.75 Å². The van der Waals surface area contributed by atoms with E-state index in [-0.39, 0.29) is 5.75 Å². The molecule has 0 amide bonds. The van der Waals surface area contributed by atoms with Gasteiger partial charge in [0.2, 0.25) is 0 Å². The van der Waals surface area contributed by atoms with Crippen LogP contribution in [0.4, 0.5) is 0 Å². The molecule has 0 heterocycles. The van der Waals surface area contributed by atoms with Crippen molar-refractivity contribution in [2.24, 2.45) is 5.16 Å². The van der Waals surface area contributed by atoms with Crippen molar-refractivity contribution in [3.05, 3.63) is 102 Å². The van der Waals surface area contributed by atoms with Crippen molar-refractivity contribution >= 4 is 18.5 Å². The molecule has 140 valence electrons. The lowest BCUT2D eigenvalue weighted by Gasteiger charge is -2.10. The third kappa shape index (κ3) is 7.07. The Bertz CT molecular complexity index is 806. The number of benzene rings is 3. The van der Waals surface area contributed by atoms with Gasteiger partial charge < -0.3 is 14.7 Å². The van der Waals surface area contributed by atoms with Gasteiger partial charge in [0.25, 0.3) is 5.90 Å². The van der Waals surface area contributed by atoms with E-state index < -0.39 is 0 Å². The van der Waals surface area contributed by atoms with Gasteiger partial charge in [-0.1, -0.05) is 60.7 Å². The maximum absolute atomic E-state index is 9.46. The summed E-state index contributed by atoms with van der Waals surface area (Å²) in [7, 11) is 0. The zero-order chi connectivity index (χ0) is 19.3. The molecule has 0 saturated heterocycles. The fourth-order valence-corrected chi connectivity index (χ4v) is 2.23. The summed E-state index contributed by atoms with van der Waals surface area (Å²) in [6, 6.07) is 26.3. The molecule has 0 aliphatic carbocycles. The van der Waals surface area contributed by atoms with Crippen molar-refractivity contribution in [1.29, 1.82) is 0 Å². The van der Waals surface area contributed by atoms with Crippen LogP contribution in [0.2, 0.25) is 0 Å². The van der Waals surface area contributed by atoms with Crippen LogP contribution in [-0.2, 0) is 22.8 Å². The molecule has 0 unspecified atom stereocenters.